The third kappa shape index (κ3) is 4.21. The lowest BCUT2D eigenvalue weighted by molar-refractivity contribution is -0.276. The third-order valence-corrected chi connectivity index (χ3v) is 5.65. The highest BCUT2D eigenvalue weighted by Gasteiger charge is 2.58. The second-order valence-electron chi connectivity index (χ2n) is 8.14. The minimum absolute atomic E-state index is 0.0128. The number of halogens is 3. The van der Waals surface area contributed by atoms with Gasteiger partial charge in [0.05, 0.1) is 30.4 Å². The molecule has 0 amide bonds. The Morgan fingerprint density at radius 2 is 2.03 bits per heavy atom. The highest BCUT2D eigenvalue weighted by molar-refractivity contribution is 5.84. The molecule has 32 heavy (non-hydrogen) atoms. The van der Waals surface area contributed by atoms with Gasteiger partial charge >= 0.3 is 6.18 Å². The van der Waals surface area contributed by atoms with Crippen LogP contribution in [0.25, 0.3) is 10.9 Å². The summed E-state index contributed by atoms with van der Waals surface area (Å²) in [6.07, 6.45) is -4.38. The molecular formula is C23H23F3N4O2. The lowest BCUT2D eigenvalue weighted by atomic mass is 9.94. The van der Waals surface area contributed by atoms with Gasteiger partial charge in [-0.3, -0.25) is 9.58 Å². The van der Waals surface area contributed by atoms with Crippen LogP contribution in [0.3, 0.4) is 0 Å². The van der Waals surface area contributed by atoms with E-state index in [0.29, 0.717) is 30.7 Å². The van der Waals surface area contributed by atoms with E-state index in [9.17, 15) is 23.5 Å². The summed E-state index contributed by atoms with van der Waals surface area (Å²) in [6.45, 7) is 2.32. The molecule has 0 aliphatic carbocycles. The van der Waals surface area contributed by atoms with Crippen molar-refractivity contribution in [1.29, 1.82) is 5.26 Å². The molecule has 168 valence electrons. The molecule has 0 saturated carbocycles. The van der Waals surface area contributed by atoms with Crippen LogP contribution in [0, 0.1) is 18.3 Å². The van der Waals surface area contributed by atoms with E-state index in [4.69, 9.17) is 4.74 Å². The van der Waals surface area contributed by atoms with Gasteiger partial charge in [0, 0.05) is 25.1 Å². The number of rotatable bonds is 5. The smallest absolute Gasteiger partial charge is 0.374 e. The topological polar surface area (TPSA) is 74.3 Å². The van der Waals surface area contributed by atoms with Crippen LogP contribution in [0.15, 0.2) is 42.5 Å². The van der Waals surface area contributed by atoms with Crippen LogP contribution in [0.4, 0.5) is 13.2 Å². The number of aromatic nitrogens is 2. The van der Waals surface area contributed by atoms with Crippen LogP contribution < -0.4 is 0 Å². The Bertz CT molecular complexity index is 1160. The standard InChI is InChI=1S/C23H23F3N4O2/c1-16-4-2-5-18(10-16)13-30-20-11-17(12-27)6-7-19(20)21(28-30)22(31,23(24,25)26)14-29-8-3-9-32-15-29/h2,4-7,10-11,31H,3,8-9,13-15H2,1H3. The lowest BCUT2D eigenvalue weighted by Gasteiger charge is -2.36. The summed E-state index contributed by atoms with van der Waals surface area (Å²) in [4.78, 5) is 1.44. The maximum Gasteiger partial charge on any atom is 0.424 e. The molecule has 9 heteroatoms. The van der Waals surface area contributed by atoms with Gasteiger partial charge in [-0.2, -0.15) is 23.5 Å². The number of β-amino-alcohol motifs (C(OH)–C–C–N with tert-alkyl or cyclic N) is 1. The Hall–Kier alpha value is -2.93. The van der Waals surface area contributed by atoms with Crippen molar-refractivity contribution in [3.8, 4) is 6.07 Å². The first-order valence-corrected chi connectivity index (χ1v) is 10.3. The normalized spacial score (nSPS) is 17.2. The molecule has 4 rings (SSSR count). The van der Waals surface area contributed by atoms with E-state index in [-0.39, 0.29) is 18.7 Å². The molecule has 1 aliphatic rings. The zero-order chi connectivity index (χ0) is 22.9. The minimum atomic E-state index is -4.96. The molecule has 0 bridgehead atoms. The Balaban J connectivity index is 1.85. The van der Waals surface area contributed by atoms with E-state index in [0.717, 1.165) is 11.1 Å². The van der Waals surface area contributed by atoms with Crippen molar-refractivity contribution in [1.82, 2.24) is 14.7 Å². The fraction of sp³-hybridized carbons (Fsp3) is 0.391. The molecule has 2 aromatic carbocycles. The molecule has 1 N–H and O–H groups in total. The number of aryl methyl sites for hydroxylation is 1. The molecule has 2 heterocycles. The summed E-state index contributed by atoms with van der Waals surface area (Å²) < 4.78 is 49.6. The molecule has 1 unspecified atom stereocenters. The van der Waals surface area contributed by atoms with Crippen molar-refractivity contribution in [3.05, 3.63) is 64.8 Å². The summed E-state index contributed by atoms with van der Waals surface area (Å²) >= 11 is 0. The monoisotopic (exact) mass is 444 g/mol. The van der Waals surface area contributed by atoms with Crippen molar-refractivity contribution in [2.75, 3.05) is 26.4 Å². The van der Waals surface area contributed by atoms with Crippen molar-refractivity contribution < 1.29 is 23.0 Å². The quantitative estimate of drug-likeness (QED) is 0.650. The predicted octanol–water partition coefficient (Wildman–Crippen LogP) is 3.69. The maximum absolute atomic E-state index is 14.3. The van der Waals surface area contributed by atoms with E-state index in [1.807, 2.05) is 37.3 Å². The average molecular weight is 444 g/mol. The van der Waals surface area contributed by atoms with Gasteiger partial charge in [0.2, 0.25) is 5.60 Å². The second kappa shape index (κ2) is 8.54. The van der Waals surface area contributed by atoms with Crippen molar-refractivity contribution in [2.24, 2.45) is 0 Å². The zero-order valence-corrected chi connectivity index (χ0v) is 17.6. The summed E-state index contributed by atoms with van der Waals surface area (Å²) in [5.41, 5.74) is -1.15. The first kappa shape index (κ1) is 22.3. The van der Waals surface area contributed by atoms with Gasteiger partial charge < -0.3 is 9.84 Å². The van der Waals surface area contributed by atoms with Crippen LogP contribution in [0.2, 0.25) is 0 Å². The highest BCUT2D eigenvalue weighted by atomic mass is 19.4. The molecule has 1 aliphatic heterocycles. The van der Waals surface area contributed by atoms with Gasteiger partial charge in [-0.25, -0.2) is 0 Å². The van der Waals surface area contributed by atoms with Crippen molar-refractivity contribution in [2.45, 2.75) is 31.7 Å². The van der Waals surface area contributed by atoms with Crippen LogP contribution in [-0.4, -0.2) is 52.4 Å². The number of alkyl halides is 3. The number of hydrogen-bond acceptors (Lipinski definition) is 5. The molecule has 1 fully saturated rings. The van der Waals surface area contributed by atoms with Gasteiger partial charge in [0.1, 0.15) is 5.69 Å². The van der Waals surface area contributed by atoms with Crippen molar-refractivity contribution in [3.63, 3.8) is 0 Å². The Kier molecular flexibility index (Phi) is 5.95. The largest absolute Gasteiger partial charge is 0.424 e. The summed E-state index contributed by atoms with van der Waals surface area (Å²) in [5.74, 6) is 0. The average Bonchev–Trinajstić information content (AvgIpc) is 3.11. The molecule has 0 radical (unpaired) electrons. The Labute approximate surface area is 183 Å². The second-order valence-corrected chi connectivity index (χ2v) is 8.14. The van der Waals surface area contributed by atoms with E-state index in [2.05, 4.69) is 5.10 Å². The molecule has 1 atom stereocenters. The molecule has 3 aromatic rings. The Morgan fingerprint density at radius 3 is 2.69 bits per heavy atom. The predicted molar refractivity (Wildman–Crippen MR) is 112 cm³/mol. The van der Waals surface area contributed by atoms with Crippen LogP contribution >= 0.6 is 0 Å². The lowest BCUT2D eigenvalue weighted by Crippen LogP contribution is -2.53. The summed E-state index contributed by atoms with van der Waals surface area (Å²) in [7, 11) is 0. The number of benzene rings is 2. The molecular weight excluding hydrogens is 421 g/mol. The maximum atomic E-state index is 14.3. The first-order valence-electron chi connectivity index (χ1n) is 10.3. The van der Waals surface area contributed by atoms with E-state index >= 15 is 0 Å². The van der Waals surface area contributed by atoms with Gasteiger partial charge in [-0.15, -0.1) is 0 Å². The third-order valence-electron chi connectivity index (χ3n) is 5.65. The minimum Gasteiger partial charge on any atom is -0.374 e. The molecule has 1 saturated heterocycles. The molecule has 1 aromatic heterocycles. The van der Waals surface area contributed by atoms with Crippen LogP contribution in [0.5, 0.6) is 0 Å². The fourth-order valence-electron chi connectivity index (χ4n) is 4.05. The van der Waals surface area contributed by atoms with Gasteiger partial charge in [0.15, 0.2) is 0 Å². The number of ether oxygens (including phenoxy) is 1. The number of nitriles is 1. The van der Waals surface area contributed by atoms with Crippen molar-refractivity contribution >= 4 is 10.9 Å². The number of aliphatic hydroxyl groups is 1. The number of fused-ring (bicyclic) bond motifs is 1. The van der Waals surface area contributed by atoms with Crippen LogP contribution in [0.1, 0.15) is 28.8 Å². The van der Waals surface area contributed by atoms with Gasteiger partial charge in [-0.1, -0.05) is 29.8 Å². The zero-order valence-electron chi connectivity index (χ0n) is 17.6. The van der Waals surface area contributed by atoms with Crippen LogP contribution in [-0.2, 0) is 16.9 Å². The molecule has 0 spiro atoms. The number of nitrogens with zero attached hydrogens (tertiary/aromatic N) is 4. The number of hydrogen-bond donors (Lipinski definition) is 1. The van der Waals surface area contributed by atoms with E-state index in [1.54, 1.807) is 0 Å². The fourth-order valence-corrected chi connectivity index (χ4v) is 4.05. The highest BCUT2D eigenvalue weighted by Crippen LogP contribution is 2.42. The molecule has 6 nitrogen and oxygen atoms in total. The van der Waals surface area contributed by atoms with Gasteiger partial charge in [-0.05, 0) is 37.1 Å². The van der Waals surface area contributed by atoms with E-state index in [1.165, 1.54) is 27.8 Å². The van der Waals surface area contributed by atoms with Gasteiger partial charge in [0.25, 0.3) is 0 Å². The SMILES string of the molecule is Cc1cccc(Cn2nc(C(O)(CN3CCCOC3)C(F)(F)F)c3ccc(C#N)cc32)c1. The Morgan fingerprint density at radius 1 is 1.22 bits per heavy atom. The first-order chi connectivity index (χ1) is 15.2. The summed E-state index contributed by atoms with van der Waals surface area (Å²) in [5, 5.41) is 24.8. The summed E-state index contributed by atoms with van der Waals surface area (Å²) in [6, 6.07) is 13.9. The van der Waals surface area contributed by atoms with E-state index < -0.39 is 24.0 Å².